The Labute approximate surface area is 196 Å². The average molecular weight is 505 g/mol. The van der Waals surface area contributed by atoms with E-state index < -0.39 is 5.60 Å². The smallest absolute Gasteiger partial charge is 0.332 e. The second-order valence-electron chi connectivity index (χ2n) is 8.68. The van der Waals surface area contributed by atoms with Crippen LogP contribution in [0.3, 0.4) is 0 Å². The van der Waals surface area contributed by atoms with Crippen molar-refractivity contribution < 1.29 is 23.4 Å². The number of hydrogen-bond donors (Lipinski definition) is 0. The van der Waals surface area contributed by atoms with E-state index in [1.165, 1.54) is 11.9 Å². The van der Waals surface area contributed by atoms with Crippen LogP contribution in [-0.4, -0.2) is 41.4 Å². The molecule has 0 unspecified atom stereocenters. The van der Waals surface area contributed by atoms with Crippen molar-refractivity contribution in [3.63, 3.8) is 0 Å². The van der Waals surface area contributed by atoms with Crippen LogP contribution >= 0.6 is 15.9 Å². The Hall–Kier alpha value is -2.45. The van der Waals surface area contributed by atoms with E-state index in [2.05, 4.69) is 57.1 Å². The highest BCUT2D eigenvalue weighted by Gasteiger charge is 2.21. The van der Waals surface area contributed by atoms with Gasteiger partial charge >= 0.3 is 5.97 Å². The lowest BCUT2D eigenvalue weighted by molar-refractivity contribution is -0.160. The molecule has 8 heteroatoms. The zero-order valence-electron chi connectivity index (χ0n) is 19.1. The van der Waals surface area contributed by atoms with Gasteiger partial charge in [0.15, 0.2) is 4.67 Å². The number of aromatic nitrogens is 2. The molecule has 1 atom stereocenters. The first-order valence-electron chi connectivity index (χ1n) is 10.6. The Morgan fingerprint density at radius 2 is 1.88 bits per heavy atom. The molecule has 0 N–H and O–H groups in total. The molecule has 2 heterocycles. The summed E-state index contributed by atoms with van der Waals surface area (Å²) >= 11 is 3.51. The number of furan rings is 1. The fourth-order valence-electron chi connectivity index (χ4n) is 3.14. The minimum Gasteiger partial charge on any atom is -0.477 e. The quantitative estimate of drug-likeness (QED) is 0.351. The van der Waals surface area contributed by atoms with Crippen molar-refractivity contribution in [2.75, 3.05) is 19.8 Å². The molecule has 3 rings (SSSR count). The molecule has 172 valence electrons. The van der Waals surface area contributed by atoms with Gasteiger partial charge in [-0.05, 0) is 54.2 Å². The van der Waals surface area contributed by atoms with Gasteiger partial charge in [0.2, 0.25) is 11.6 Å². The first-order valence-corrected chi connectivity index (χ1v) is 11.4. The molecular weight excluding hydrogens is 476 g/mol. The molecule has 0 radical (unpaired) electrons. The molecular formula is C24H29BrN2O5. The van der Waals surface area contributed by atoms with Crippen LogP contribution in [0.1, 0.15) is 40.2 Å². The van der Waals surface area contributed by atoms with Gasteiger partial charge in [0, 0.05) is 11.5 Å². The zero-order chi connectivity index (χ0) is 23.3. The SMILES string of the molecule is CCc1ccc(-c2c(Br)oc3ncnc(OC[C@H](C)COCC(=O)OC(C)(C)C)c23)cc1. The minimum atomic E-state index is -0.527. The van der Waals surface area contributed by atoms with Gasteiger partial charge in [-0.15, -0.1) is 0 Å². The highest BCUT2D eigenvalue weighted by molar-refractivity contribution is 9.10. The van der Waals surface area contributed by atoms with Gasteiger partial charge in [-0.2, -0.15) is 0 Å². The van der Waals surface area contributed by atoms with Crippen molar-refractivity contribution in [2.45, 2.75) is 46.6 Å². The molecule has 32 heavy (non-hydrogen) atoms. The van der Waals surface area contributed by atoms with Crippen LogP contribution in [0.2, 0.25) is 0 Å². The number of carbonyl (C=O) groups is 1. The Kier molecular flexibility index (Phi) is 7.90. The van der Waals surface area contributed by atoms with E-state index >= 15 is 0 Å². The summed E-state index contributed by atoms with van der Waals surface area (Å²) in [5.41, 5.74) is 3.02. The van der Waals surface area contributed by atoms with E-state index in [-0.39, 0.29) is 18.5 Å². The summed E-state index contributed by atoms with van der Waals surface area (Å²) in [6.45, 7) is 10.2. The van der Waals surface area contributed by atoms with Crippen LogP contribution in [0.5, 0.6) is 5.88 Å². The number of hydrogen-bond acceptors (Lipinski definition) is 7. The Balaban J connectivity index is 1.68. The van der Waals surface area contributed by atoms with E-state index in [1.807, 2.05) is 27.7 Å². The summed E-state index contributed by atoms with van der Waals surface area (Å²) in [4.78, 5) is 20.3. The third kappa shape index (κ3) is 6.29. The maximum Gasteiger partial charge on any atom is 0.332 e. The minimum absolute atomic E-state index is 0.0325. The van der Waals surface area contributed by atoms with Gasteiger partial charge in [0.25, 0.3) is 0 Å². The number of ether oxygens (including phenoxy) is 3. The molecule has 0 fully saturated rings. The molecule has 3 aromatic rings. The number of rotatable bonds is 9. The number of nitrogens with zero attached hydrogens (tertiary/aromatic N) is 2. The van der Waals surface area contributed by atoms with Crippen LogP contribution in [-0.2, 0) is 20.7 Å². The molecule has 0 aliphatic carbocycles. The topological polar surface area (TPSA) is 83.7 Å². The van der Waals surface area contributed by atoms with Crippen molar-refractivity contribution >= 4 is 33.0 Å². The molecule has 1 aromatic carbocycles. The third-order valence-corrected chi connectivity index (χ3v) is 5.17. The molecule has 7 nitrogen and oxygen atoms in total. The molecule has 0 aliphatic heterocycles. The van der Waals surface area contributed by atoms with Crippen LogP contribution in [0.25, 0.3) is 22.2 Å². The summed E-state index contributed by atoms with van der Waals surface area (Å²) in [5, 5.41) is 0.713. The first kappa shape index (κ1) is 24.2. The van der Waals surface area contributed by atoms with E-state index in [1.54, 1.807) is 0 Å². The monoisotopic (exact) mass is 504 g/mol. The molecule has 2 aromatic heterocycles. The van der Waals surface area contributed by atoms with Gasteiger partial charge < -0.3 is 18.6 Å². The van der Waals surface area contributed by atoms with Gasteiger partial charge in [-0.1, -0.05) is 38.1 Å². The number of esters is 1. The normalized spacial score (nSPS) is 12.7. The standard InChI is InChI=1S/C24H29BrN2O5/c1-6-16-7-9-17(10-8-16)19-20-22(26-14-27-23(20)31-21(19)25)30-12-15(2)11-29-13-18(28)32-24(3,4)5/h7-10,14-15H,6,11-13H2,1-5H3/t15-/m1/s1. The maximum atomic E-state index is 11.8. The van der Waals surface area contributed by atoms with E-state index in [0.29, 0.717) is 34.9 Å². The lowest BCUT2D eigenvalue weighted by Gasteiger charge is -2.19. The van der Waals surface area contributed by atoms with Crippen molar-refractivity contribution in [3.8, 4) is 17.0 Å². The zero-order valence-corrected chi connectivity index (χ0v) is 20.7. The van der Waals surface area contributed by atoms with Crippen LogP contribution in [0, 0.1) is 5.92 Å². The Morgan fingerprint density at radius 1 is 1.16 bits per heavy atom. The Bertz CT molecular complexity index is 1060. The molecule has 0 bridgehead atoms. The number of benzene rings is 1. The summed E-state index contributed by atoms with van der Waals surface area (Å²) < 4.78 is 23.1. The molecule has 0 spiro atoms. The van der Waals surface area contributed by atoms with Gasteiger partial charge in [-0.25, -0.2) is 14.8 Å². The van der Waals surface area contributed by atoms with Crippen LogP contribution in [0.4, 0.5) is 0 Å². The largest absolute Gasteiger partial charge is 0.477 e. The van der Waals surface area contributed by atoms with Gasteiger partial charge in [0.1, 0.15) is 23.9 Å². The molecule has 0 aliphatic rings. The second-order valence-corrected chi connectivity index (χ2v) is 9.40. The summed E-state index contributed by atoms with van der Waals surface area (Å²) in [6.07, 6.45) is 2.39. The van der Waals surface area contributed by atoms with Crippen LogP contribution < -0.4 is 4.74 Å². The van der Waals surface area contributed by atoms with E-state index in [9.17, 15) is 4.79 Å². The second kappa shape index (κ2) is 10.4. The highest BCUT2D eigenvalue weighted by Crippen LogP contribution is 2.41. The van der Waals surface area contributed by atoms with E-state index in [0.717, 1.165) is 17.5 Å². The number of aryl methyl sites for hydroxylation is 1. The van der Waals surface area contributed by atoms with Gasteiger partial charge in [-0.3, -0.25) is 0 Å². The number of carbonyl (C=O) groups excluding carboxylic acids is 1. The fraction of sp³-hybridized carbons (Fsp3) is 0.458. The average Bonchev–Trinajstić information content (AvgIpc) is 3.07. The van der Waals surface area contributed by atoms with E-state index in [4.69, 9.17) is 18.6 Å². The van der Waals surface area contributed by atoms with Crippen molar-refractivity contribution in [1.29, 1.82) is 0 Å². The van der Waals surface area contributed by atoms with Gasteiger partial charge in [0.05, 0.1) is 13.2 Å². The first-order chi connectivity index (χ1) is 15.2. The fourth-order valence-corrected chi connectivity index (χ4v) is 3.72. The number of halogens is 1. The maximum absolute atomic E-state index is 11.8. The summed E-state index contributed by atoms with van der Waals surface area (Å²) in [5.74, 6) is 0.0909. The molecule has 0 saturated heterocycles. The van der Waals surface area contributed by atoms with Crippen molar-refractivity contribution in [2.24, 2.45) is 5.92 Å². The predicted molar refractivity (Wildman–Crippen MR) is 126 cm³/mol. The van der Waals surface area contributed by atoms with Crippen molar-refractivity contribution in [1.82, 2.24) is 9.97 Å². The summed E-state index contributed by atoms with van der Waals surface area (Å²) in [6, 6.07) is 8.29. The Morgan fingerprint density at radius 3 is 2.53 bits per heavy atom. The lowest BCUT2D eigenvalue weighted by atomic mass is 10.0. The van der Waals surface area contributed by atoms with Crippen LogP contribution in [0.15, 0.2) is 39.7 Å². The summed E-state index contributed by atoms with van der Waals surface area (Å²) in [7, 11) is 0. The third-order valence-electron chi connectivity index (χ3n) is 4.61. The lowest BCUT2D eigenvalue weighted by Crippen LogP contribution is -2.27. The van der Waals surface area contributed by atoms with Crippen molar-refractivity contribution in [3.05, 3.63) is 40.8 Å². The predicted octanol–water partition coefficient (Wildman–Crippen LogP) is 5.59. The molecule has 0 saturated carbocycles. The highest BCUT2D eigenvalue weighted by atomic mass is 79.9. The number of fused-ring (bicyclic) bond motifs is 1. The molecule has 0 amide bonds.